The van der Waals surface area contributed by atoms with Gasteiger partial charge in [0.05, 0.1) is 13.2 Å². The molecule has 0 aromatic heterocycles. The molecule has 0 saturated carbocycles. The molecule has 3 aliphatic rings. The highest BCUT2D eigenvalue weighted by molar-refractivity contribution is 5.78. The smallest absolute Gasteiger partial charge is 0.409 e. The number of fused-ring (bicyclic) bond motifs is 1. The average molecular weight is 433 g/mol. The van der Waals surface area contributed by atoms with Crippen molar-refractivity contribution in [2.24, 2.45) is 10.7 Å². The highest BCUT2D eigenvalue weighted by atomic mass is 16.7. The van der Waals surface area contributed by atoms with Crippen molar-refractivity contribution in [2.45, 2.75) is 44.1 Å². The molecular weight excluding hydrogens is 400 g/mol. The van der Waals surface area contributed by atoms with E-state index in [0.29, 0.717) is 45.4 Å². The Morgan fingerprint density at radius 1 is 1.26 bits per heavy atom. The van der Waals surface area contributed by atoms with Crippen LogP contribution in [0.4, 0.5) is 4.79 Å². The Labute approximate surface area is 182 Å². The van der Waals surface area contributed by atoms with Gasteiger partial charge >= 0.3 is 6.09 Å². The second-order valence-corrected chi connectivity index (χ2v) is 8.27. The van der Waals surface area contributed by atoms with Crippen molar-refractivity contribution in [3.8, 4) is 11.5 Å². The summed E-state index contributed by atoms with van der Waals surface area (Å²) < 4.78 is 21.7. The molecule has 4 rings (SSSR count). The number of nitrogens with zero attached hydrogens (tertiary/aromatic N) is 2. The number of aliphatic imine (C=N–C) groups is 1. The first-order valence-electron chi connectivity index (χ1n) is 11.1. The van der Waals surface area contributed by atoms with E-state index in [4.69, 9.17) is 29.7 Å². The molecule has 31 heavy (non-hydrogen) atoms. The lowest BCUT2D eigenvalue weighted by Gasteiger charge is -2.37. The number of nitrogens with one attached hydrogen (secondary N) is 1. The Balaban J connectivity index is 1.37. The van der Waals surface area contributed by atoms with Crippen LogP contribution < -0.4 is 20.5 Å². The molecule has 0 bridgehead atoms. The van der Waals surface area contributed by atoms with Crippen LogP contribution in [0.2, 0.25) is 0 Å². The lowest BCUT2D eigenvalue weighted by Crippen LogP contribution is -2.49. The number of benzene rings is 1. The van der Waals surface area contributed by atoms with Gasteiger partial charge in [-0.2, -0.15) is 0 Å². The minimum absolute atomic E-state index is 0.140. The second-order valence-electron chi connectivity index (χ2n) is 8.27. The van der Waals surface area contributed by atoms with E-state index in [9.17, 15) is 4.79 Å². The van der Waals surface area contributed by atoms with Gasteiger partial charge in [-0.3, -0.25) is 4.99 Å². The van der Waals surface area contributed by atoms with Gasteiger partial charge in [0.2, 0.25) is 6.79 Å². The van der Waals surface area contributed by atoms with E-state index in [1.165, 1.54) is 5.56 Å². The van der Waals surface area contributed by atoms with E-state index in [-0.39, 0.29) is 24.3 Å². The summed E-state index contributed by atoms with van der Waals surface area (Å²) in [7, 11) is 0. The maximum Gasteiger partial charge on any atom is 0.409 e. The van der Waals surface area contributed by atoms with Crippen LogP contribution in [-0.2, 0) is 14.9 Å². The summed E-state index contributed by atoms with van der Waals surface area (Å²) in [5.74, 6) is 2.01. The van der Waals surface area contributed by atoms with E-state index >= 15 is 0 Å². The van der Waals surface area contributed by atoms with Crippen molar-refractivity contribution in [3.05, 3.63) is 23.8 Å². The Morgan fingerprint density at radius 2 is 2.00 bits per heavy atom. The number of hydrogen-bond acceptors (Lipinski definition) is 6. The molecule has 9 heteroatoms. The number of guanidine groups is 1. The number of amides is 1. The summed E-state index contributed by atoms with van der Waals surface area (Å²) in [6, 6.07) is 6.34. The van der Waals surface area contributed by atoms with Gasteiger partial charge in [-0.05, 0) is 50.3 Å². The van der Waals surface area contributed by atoms with Crippen LogP contribution in [-0.4, -0.2) is 69.2 Å². The Kier molecular flexibility index (Phi) is 6.70. The molecule has 9 nitrogen and oxygen atoms in total. The third-order valence-corrected chi connectivity index (χ3v) is 6.36. The SMILES string of the molecule is CCOC(=O)N1CCC(NC(N)=NCC2(c3ccc4c(c3)OCO4)CCOCC2)CC1. The lowest BCUT2D eigenvalue weighted by atomic mass is 9.74. The molecule has 1 aromatic rings. The quantitative estimate of drug-likeness (QED) is 0.541. The second kappa shape index (κ2) is 9.64. The minimum atomic E-state index is -0.243. The maximum absolute atomic E-state index is 11.9. The van der Waals surface area contributed by atoms with Crippen molar-refractivity contribution in [1.29, 1.82) is 0 Å². The van der Waals surface area contributed by atoms with E-state index in [1.54, 1.807) is 4.90 Å². The number of carbonyl (C=O) groups is 1. The fraction of sp³-hybridized carbons (Fsp3) is 0.636. The molecule has 2 saturated heterocycles. The normalized spacial score (nSPS) is 21.1. The van der Waals surface area contributed by atoms with Crippen LogP contribution in [0.1, 0.15) is 38.2 Å². The van der Waals surface area contributed by atoms with Gasteiger partial charge in [0.25, 0.3) is 0 Å². The van der Waals surface area contributed by atoms with Crippen LogP contribution >= 0.6 is 0 Å². The summed E-state index contributed by atoms with van der Waals surface area (Å²) in [6.45, 7) is 5.76. The zero-order valence-corrected chi connectivity index (χ0v) is 18.1. The fourth-order valence-corrected chi connectivity index (χ4v) is 4.44. The van der Waals surface area contributed by atoms with Crippen molar-refractivity contribution >= 4 is 12.1 Å². The van der Waals surface area contributed by atoms with Gasteiger partial charge in [-0.1, -0.05) is 6.07 Å². The van der Waals surface area contributed by atoms with Crippen LogP contribution in [0.15, 0.2) is 23.2 Å². The van der Waals surface area contributed by atoms with Gasteiger partial charge in [-0.15, -0.1) is 0 Å². The predicted octanol–water partition coefficient (Wildman–Crippen LogP) is 1.99. The van der Waals surface area contributed by atoms with Crippen LogP contribution in [0.3, 0.4) is 0 Å². The molecule has 1 aromatic carbocycles. The first kappa shape index (κ1) is 21.5. The molecule has 0 radical (unpaired) electrons. The van der Waals surface area contributed by atoms with Crippen LogP contribution in [0, 0.1) is 0 Å². The van der Waals surface area contributed by atoms with Gasteiger partial charge in [-0.25, -0.2) is 4.79 Å². The zero-order chi connectivity index (χ0) is 21.7. The van der Waals surface area contributed by atoms with Crippen LogP contribution in [0.25, 0.3) is 0 Å². The predicted molar refractivity (Wildman–Crippen MR) is 116 cm³/mol. The third kappa shape index (κ3) is 4.98. The number of piperidine rings is 1. The standard InChI is InChI=1S/C22H32N4O5/c1-2-29-21(27)26-9-5-17(6-10-26)25-20(23)24-14-22(7-11-28-12-8-22)16-3-4-18-19(13-16)31-15-30-18/h3-4,13,17H,2,5-12,14-15H2,1H3,(H3,23,24,25). The highest BCUT2D eigenvalue weighted by Gasteiger charge is 2.36. The number of likely N-dealkylation sites (tertiary alicyclic amines) is 1. The zero-order valence-electron chi connectivity index (χ0n) is 18.1. The molecule has 170 valence electrons. The summed E-state index contributed by atoms with van der Waals surface area (Å²) in [6.07, 6.45) is 3.14. The van der Waals surface area contributed by atoms with Crippen molar-refractivity contribution in [2.75, 3.05) is 46.2 Å². The Bertz CT molecular complexity index is 801. The van der Waals surface area contributed by atoms with E-state index in [1.807, 2.05) is 13.0 Å². The van der Waals surface area contributed by atoms with Gasteiger partial charge in [0.1, 0.15) is 0 Å². The topological polar surface area (TPSA) is 108 Å². The summed E-state index contributed by atoms with van der Waals surface area (Å²) >= 11 is 0. The molecule has 3 heterocycles. The fourth-order valence-electron chi connectivity index (χ4n) is 4.44. The number of carbonyl (C=O) groups excluding carboxylic acids is 1. The Hall–Kier alpha value is -2.68. The highest BCUT2D eigenvalue weighted by Crippen LogP contribution is 2.41. The van der Waals surface area contributed by atoms with E-state index in [2.05, 4.69) is 17.4 Å². The van der Waals surface area contributed by atoms with Crippen molar-refractivity contribution in [3.63, 3.8) is 0 Å². The van der Waals surface area contributed by atoms with E-state index < -0.39 is 0 Å². The Morgan fingerprint density at radius 3 is 2.74 bits per heavy atom. The molecular formula is C22H32N4O5. The van der Waals surface area contributed by atoms with Crippen molar-refractivity contribution in [1.82, 2.24) is 10.2 Å². The number of ether oxygens (including phenoxy) is 4. The third-order valence-electron chi connectivity index (χ3n) is 6.36. The molecule has 3 N–H and O–H groups in total. The summed E-state index contributed by atoms with van der Waals surface area (Å²) in [4.78, 5) is 18.3. The van der Waals surface area contributed by atoms with Gasteiger partial charge < -0.3 is 34.9 Å². The molecule has 0 spiro atoms. The average Bonchev–Trinajstić information content (AvgIpc) is 3.27. The van der Waals surface area contributed by atoms with E-state index in [0.717, 1.165) is 37.2 Å². The first-order valence-corrected chi connectivity index (χ1v) is 11.1. The number of hydrogen-bond donors (Lipinski definition) is 2. The first-order chi connectivity index (χ1) is 15.1. The number of rotatable bonds is 5. The molecule has 0 atom stereocenters. The molecule has 1 amide bonds. The molecule has 3 aliphatic heterocycles. The summed E-state index contributed by atoms with van der Waals surface area (Å²) in [5.41, 5.74) is 7.29. The van der Waals surface area contributed by atoms with Gasteiger partial charge in [0, 0.05) is 37.8 Å². The largest absolute Gasteiger partial charge is 0.454 e. The molecule has 2 fully saturated rings. The monoisotopic (exact) mass is 432 g/mol. The number of nitrogens with two attached hydrogens (primary N) is 1. The van der Waals surface area contributed by atoms with Gasteiger partial charge in [0.15, 0.2) is 17.5 Å². The van der Waals surface area contributed by atoms with Crippen molar-refractivity contribution < 1.29 is 23.7 Å². The molecule has 0 unspecified atom stereocenters. The lowest BCUT2D eigenvalue weighted by molar-refractivity contribution is 0.0530. The summed E-state index contributed by atoms with van der Waals surface area (Å²) in [5, 5.41) is 3.33. The molecule has 0 aliphatic carbocycles. The maximum atomic E-state index is 11.9. The van der Waals surface area contributed by atoms with Crippen LogP contribution in [0.5, 0.6) is 11.5 Å². The minimum Gasteiger partial charge on any atom is -0.454 e.